The molecule has 1 aromatic carbocycles. The highest BCUT2D eigenvalue weighted by Gasteiger charge is 2.31. The molecule has 0 aliphatic rings. The third kappa shape index (κ3) is 4.85. The Labute approximate surface area is 151 Å². The molecule has 0 atom stereocenters. The van der Waals surface area contributed by atoms with Gasteiger partial charge in [-0.25, -0.2) is 4.98 Å². The van der Waals surface area contributed by atoms with Crippen molar-refractivity contribution in [3.63, 3.8) is 0 Å². The maximum Gasteiger partial charge on any atom is 0.226 e. The van der Waals surface area contributed by atoms with Crippen LogP contribution in [0.4, 0.5) is 5.13 Å². The van der Waals surface area contributed by atoms with E-state index >= 15 is 0 Å². The third-order valence-electron chi connectivity index (χ3n) is 3.93. The number of amides is 1. The fourth-order valence-electron chi connectivity index (χ4n) is 2.27. The van der Waals surface area contributed by atoms with Crippen molar-refractivity contribution in [2.24, 2.45) is 0 Å². The van der Waals surface area contributed by atoms with Crippen LogP contribution in [0.5, 0.6) is 0 Å². The van der Waals surface area contributed by atoms with E-state index in [0.29, 0.717) is 5.13 Å². The first-order valence-electron chi connectivity index (χ1n) is 8.21. The molecule has 0 radical (unpaired) electrons. The number of anilines is 1. The molecule has 0 spiro atoms. The SMILES string of the molecule is CC(C)c1sc(NC(=O)CCC(C)(C)[N+](=O)[O-])nc1-c1ccccc1. The highest BCUT2D eigenvalue weighted by Crippen LogP contribution is 2.36. The Morgan fingerprint density at radius 3 is 2.52 bits per heavy atom. The minimum absolute atomic E-state index is 0.0885. The van der Waals surface area contributed by atoms with Crippen LogP contribution >= 0.6 is 11.3 Å². The Morgan fingerprint density at radius 2 is 1.96 bits per heavy atom. The van der Waals surface area contributed by atoms with Gasteiger partial charge in [0, 0.05) is 42.1 Å². The van der Waals surface area contributed by atoms with Crippen molar-refractivity contribution < 1.29 is 9.72 Å². The second kappa shape index (κ2) is 7.74. The lowest BCUT2D eigenvalue weighted by molar-refractivity contribution is -0.561. The average Bonchev–Trinajstić information content (AvgIpc) is 2.98. The summed E-state index contributed by atoms with van der Waals surface area (Å²) in [5.41, 5.74) is 0.775. The quantitative estimate of drug-likeness (QED) is 0.572. The second-order valence-corrected chi connectivity index (χ2v) is 7.90. The highest BCUT2D eigenvalue weighted by atomic mass is 32.1. The molecule has 0 unspecified atom stereocenters. The van der Waals surface area contributed by atoms with Gasteiger partial charge in [0.25, 0.3) is 0 Å². The molecular formula is C18H23N3O3S. The van der Waals surface area contributed by atoms with Crippen LogP contribution in [-0.4, -0.2) is 21.4 Å². The van der Waals surface area contributed by atoms with Crippen molar-refractivity contribution in [3.8, 4) is 11.3 Å². The van der Waals surface area contributed by atoms with Crippen molar-refractivity contribution >= 4 is 22.4 Å². The summed E-state index contributed by atoms with van der Waals surface area (Å²) < 4.78 is 0. The van der Waals surface area contributed by atoms with Gasteiger partial charge in [-0.3, -0.25) is 14.9 Å². The van der Waals surface area contributed by atoms with Gasteiger partial charge in [0.1, 0.15) is 0 Å². The van der Waals surface area contributed by atoms with Crippen molar-refractivity contribution in [2.45, 2.75) is 52.0 Å². The van der Waals surface area contributed by atoms with E-state index in [4.69, 9.17) is 0 Å². The fraction of sp³-hybridized carbons (Fsp3) is 0.444. The van der Waals surface area contributed by atoms with E-state index in [-0.39, 0.29) is 29.6 Å². The molecule has 1 heterocycles. The summed E-state index contributed by atoms with van der Waals surface area (Å²) in [6, 6.07) is 9.84. The van der Waals surface area contributed by atoms with Crippen LogP contribution in [0.25, 0.3) is 11.3 Å². The molecule has 0 bridgehead atoms. The molecule has 2 rings (SSSR count). The maximum absolute atomic E-state index is 12.1. The number of hydrogen-bond acceptors (Lipinski definition) is 5. The van der Waals surface area contributed by atoms with E-state index in [2.05, 4.69) is 24.1 Å². The summed E-state index contributed by atoms with van der Waals surface area (Å²) >= 11 is 1.45. The van der Waals surface area contributed by atoms with E-state index in [9.17, 15) is 14.9 Å². The Bertz CT molecular complexity index is 754. The van der Waals surface area contributed by atoms with Crippen molar-refractivity contribution in [3.05, 3.63) is 45.3 Å². The third-order valence-corrected chi connectivity index (χ3v) is 5.20. The second-order valence-electron chi connectivity index (χ2n) is 6.87. The average molecular weight is 361 g/mol. The minimum Gasteiger partial charge on any atom is -0.302 e. The summed E-state index contributed by atoms with van der Waals surface area (Å²) in [6.07, 6.45) is 0.269. The van der Waals surface area contributed by atoms with Crippen LogP contribution in [0, 0.1) is 10.1 Å². The van der Waals surface area contributed by atoms with Gasteiger partial charge < -0.3 is 5.32 Å². The number of aromatic nitrogens is 1. The Morgan fingerprint density at radius 1 is 1.32 bits per heavy atom. The van der Waals surface area contributed by atoms with Crippen LogP contribution in [-0.2, 0) is 4.79 Å². The molecule has 1 N–H and O–H groups in total. The predicted molar refractivity (Wildman–Crippen MR) is 101 cm³/mol. The van der Waals surface area contributed by atoms with Crippen LogP contribution < -0.4 is 5.32 Å². The number of carbonyl (C=O) groups is 1. The molecule has 134 valence electrons. The lowest BCUT2D eigenvalue weighted by Gasteiger charge is -2.14. The highest BCUT2D eigenvalue weighted by molar-refractivity contribution is 7.16. The fourth-order valence-corrected chi connectivity index (χ4v) is 3.28. The Kier molecular flexibility index (Phi) is 5.89. The van der Waals surface area contributed by atoms with E-state index in [1.54, 1.807) is 0 Å². The van der Waals surface area contributed by atoms with Gasteiger partial charge in [0.05, 0.1) is 5.69 Å². The smallest absolute Gasteiger partial charge is 0.226 e. The molecule has 2 aromatic rings. The number of nitro groups is 1. The Balaban J connectivity index is 2.13. The lowest BCUT2D eigenvalue weighted by atomic mass is 9.99. The number of thiazole rings is 1. The number of benzene rings is 1. The predicted octanol–water partition coefficient (Wildman–Crippen LogP) is 4.71. The van der Waals surface area contributed by atoms with Gasteiger partial charge in [0.15, 0.2) is 5.13 Å². The zero-order chi connectivity index (χ0) is 18.6. The molecule has 1 aromatic heterocycles. The number of carbonyl (C=O) groups excluding carboxylic acids is 1. The zero-order valence-electron chi connectivity index (χ0n) is 14.9. The largest absolute Gasteiger partial charge is 0.302 e. The molecule has 7 heteroatoms. The minimum atomic E-state index is -1.11. The first kappa shape index (κ1) is 19.1. The molecule has 0 saturated carbocycles. The molecule has 0 aliphatic heterocycles. The molecule has 0 saturated heterocycles. The molecular weight excluding hydrogens is 338 g/mol. The summed E-state index contributed by atoms with van der Waals surface area (Å²) in [4.78, 5) is 28.4. The van der Waals surface area contributed by atoms with Crippen LogP contribution in [0.2, 0.25) is 0 Å². The van der Waals surface area contributed by atoms with Crippen LogP contribution in [0.15, 0.2) is 30.3 Å². The van der Waals surface area contributed by atoms with Gasteiger partial charge in [-0.1, -0.05) is 44.2 Å². The topological polar surface area (TPSA) is 85.1 Å². The molecule has 0 aliphatic carbocycles. The van der Waals surface area contributed by atoms with Crippen LogP contribution in [0.1, 0.15) is 51.3 Å². The monoisotopic (exact) mass is 361 g/mol. The van der Waals surface area contributed by atoms with E-state index in [1.165, 1.54) is 25.2 Å². The summed E-state index contributed by atoms with van der Waals surface area (Å²) in [5, 5.41) is 14.3. The van der Waals surface area contributed by atoms with Crippen molar-refractivity contribution in [1.82, 2.24) is 4.98 Å². The number of nitrogens with zero attached hydrogens (tertiary/aromatic N) is 2. The number of rotatable bonds is 7. The van der Waals surface area contributed by atoms with E-state index in [0.717, 1.165) is 16.1 Å². The van der Waals surface area contributed by atoms with Gasteiger partial charge in [-0.05, 0) is 5.92 Å². The van der Waals surface area contributed by atoms with Gasteiger partial charge in [-0.15, -0.1) is 11.3 Å². The van der Waals surface area contributed by atoms with E-state index in [1.807, 2.05) is 30.3 Å². The lowest BCUT2D eigenvalue weighted by Crippen LogP contribution is -2.32. The van der Waals surface area contributed by atoms with E-state index < -0.39 is 5.54 Å². The Hall–Kier alpha value is -2.28. The first-order chi connectivity index (χ1) is 11.7. The van der Waals surface area contributed by atoms with Crippen molar-refractivity contribution in [2.75, 3.05) is 5.32 Å². The maximum atomic E-state index is 12.1. The normalized spacial score (nSPS) is 11.6. The summed E-state index contributed by atoms with van der Waals surface area (Å²) in [5.74, 6) is 0.0327. The molecule has 1 amide bonds. The standard InChI is InChI=1S/C18H23N3O3S/c1-12(2)16-15(13-8-6-5-7-9-13)20-17(25-16)19-14(22)10-11-18(3,4)21(23)24/h5-9,12H,10-11H2,1-4H3,(H,19,20,22). The zero-order valence-corrected chi connectivity index (χ0v) is 15.7. The molecule has 6 nitrogen and oxygen atoms in total. The van der Waals surface area contributed by atoms with Crippen LogP contribution in [0.3, 0.4) is 0 Å². The van der Waals surface area contributed by atoms with Crippen molar-refractivity contribution in [1.29, 1.82) is 0 Å². The summed E-state index contributed by atoms with van der Waals surface area (Å²) in [7, 11) is 0. The number of hydrogen-bond donors (Lipinski definition) is 1. The van der Waals surface area contributed by atoms with Gasteiger partial charge >= 0.3 is 0 Å². The molecule has 25 heavy (non-hydrogen) atoms. The van der Waals surface area contributed by atoms with Gasteiger partial charge in [0.2, 0.25) is 11.4 Å². The number of nitrogens with one attached hydrogen (secondary N) is 1. The first-order valence-corrected chi connectivity index (χ1v) is 9.03. The van der Waals surface area contributed by atoms with Gasteiger partial charge in [-0.2, -0.15) is 0 Å². The molecule has 0 fully saturated rings. The summed E-state index contributed by atoms with van der Waals surface area (Å²) in [6.45, 7) is 7.22.